The van der Waals surface area contributed by atoms with E-state index in [0.29, 0.717) is 37.3 Å². The molecule has 0 spiro atoms. The van der Waals surface area contributed by atoms with E-state index in [-0.39, 0.29) is 17.5 Å². The second-order valence-corrected chi connectivity index (χ2v) is 8.96. The molecule has 2 aliphatic heterocycles. The first-order valence-corrected chi connectivity index (χ1v) is 11.9. The van der Waals surface area contributed by atoms with Gasteiger partial charge < -0.3 is 9.64 Å². The Bertz CT molecular complexity index is 1230. The van der Waals surface area contributed by atoms with Gasteiger partial charge in [0.1, 0.15) is 5.75 Å². The Balaban J connectivity index is 1.47. The number of aromatic amines is 1. The maximum absolute atomic E-state index is 13.3. The fourth-order valence-electron chi connectivity index (χ4n) is 5.12. The molecule has 4 heterocycles. The van der Waals surface area contributed by atoms with Crippen molar-refractivity contribution < 1.29 is 9.53 Å². The molecule has 3 aromatic rings. The second-order valence-electron chi connectivity index (χ2n) is 8.96. The largest absolute Gasteiger partial charge is 0.494 e. The van der Waals surface area contributed by atoms with E-state index in [1.54, 1.807) is 16.3 Å². The first-order chi connectivity index (χ1) is 16.0. The van der Waals surface area contributed by atoms with Crippen LogP contribution in [0.1, 0.15) is 61.7 Å². The number of piperidine rings is 1. The first-order valence-electron chi connectivity index (χ1n) is 11.9. The van der Waals surface area contributed by atoms with Crippen molar-refractivity contribution in [3.8, 4) is 5.75 Å². The van der Waals surface area contributed by atoms with E-state index in [2.05, 4.69) is 22.1 Å². The molecule has 1 amide bonds. The monoisotopic (exact) mass is 449 g/mol. The number of H-pyrrole nitrogens is 1. The molecule has 0 saturated carbocycles. The highest BCUT2D eigenvalue weighted by Gasteiger charge is 2.28. The maximum atomic E-state index is 13.3. The van der Waals surface area contributed by atoms with Crippen LogP contribution in [-0.2, 0) is 24.3 Å². The molecule has 1 fully saturated rings. The van der Waals surface area contributed by atoms with Gasteiger partial charge in [-0.05, 0) is 32.4 Å². The number of hydrogen-bond donors (Lipinski definition) is 1. The fraction of sp³-hybridized carbons (Fsp3) is 0.480. The quantitative estimate of drug-likeness (QED) is 0.647. The smallest absolute Gasteiger partial charge is 0.277 e. The molecule has 1 N–H and O–H groups in total. The van der Waals surface area contributed by atoms with Crippen LogP contribution in [0.25, 0.3) is 5.65 Å². The second kappa shape index (κ2) is 9.02. The van der Waals surface area contributed by atoms with Gasteiger partial charge in [-0.15, -0.1) is 0 Å². The topological polar surface area (TPSA) is 82.9 Å². The Labute approximate surface area is 193 Å². The lowest BCUT2D eigenvalue weighted by molar-refractivity contribution is -0.129. The normalized spacial score (nSPS) is 19.0. The molecular weight excluding hydrogens is 418 g/mol. The van der Waals surface area contributed by atoms with Crippen LogP contribution in [0.15, 0.2) is 35.1 Å². The van der Waals surface area contributed by atoms with Crippen molar-refractivity contribution >= 4 is 11.6 Å². The van der Waals surface area contributed by atoms with E-state index >= 15 is 0 Å². The zero-order valence-corrected chi connectivity index (χ0v) is 19.3. The SMILES string of the molecule is CCOc1ccccc1CN1CCCC[C@@H]1c1cc2nc3c(c(=O)n2[nH]1)CN(C(C)=O)CC3. The van der Waals surface area contributed by atoms with Crippen LogP contribution in [0.4, 0.5) is 0 Å². The summed E-state index contributed by atoms with van der Waals surface area (Å²) in [4.78, 5) is 34.0. The number of hydrogen-bond acceptors (Lipinski definition) is 5. The molecule has 8 heteroatoms. The van der Waals surface area contributed by atoms with Gasteiger partial charge in [-0.3, -0.25) is 19.6 Å². The van der Waals surface area contributed by atoms with Crippen LogP contribution in [0, 0.1) is 0 Å². The molecule has 1 saturated heterocycles. The van der Waals surface area contributed by atoms with Crippen molar-refractivity contribution in [1.29, 1.82) is 0 Å². The number of ether oxygens (including phenoxy) is 1. The Morgan fingerprint density at radius 3 is 2.91 bits per heavy atom. The lowest BCUT2D eigenvalue weighted by Crippen LogP contribution is -2.39. The summed E-state index contributed by atoms with van der Waals surface area (Å²) < 4.78 is 7.40. The average Bonchev–Trinajstić information content (AvgIpc) is 3.25. The molecule has 2 aliphatic rings. The summed E-state index contributed by atoms with van der Waals surface area (Å²) >= 11 is 0. The average molecular weight is 450 g/mol. The fourth-order valence-corrected chi connectivity index (χ4v) is 5.12. The van der Waals surface area contributed by atoms with Crippen molar-refractivity contribution in [3.05, 3.63) is 63.2 Å². The van der Waals surface area contributed by atoms with E-state index in [1.807, 2.05) is 25.1 Å². The molecule has 174 valence electrons. The van der Waals surface area contributed by atoms with Gasteiger partial charge in [0, 0.05) is 38.1 Å². The van der Waals surface area contributed by atoms with Gasteiger partial charge in [0.05, 0.1) is 36.1 Å². The van der Waals surface area contributed by atoms with Crippen LogP contribution in [0.5, 0.6) is 5.75 Å². The van der Waals surface area contributed by atoms with Crippen molar-refractivity contribution in [3.63, 3.8) is 0 Å². The number of nitrogens with zero attached hydrogens (tertiary/aromatic N) is 4. The molecule has 2 aromatic heterocycles. The van der Waals surface area contributed by atoms with E-state index in [1.165, 1.54) is 5.56 Å². The summed E-state index contributed by atoms with van der Waals surface area (Å²) in [7, 11) is 0. The molecular formula is C25H31N5O3. The van der Waals surface area contributed by atoms with Gasteiger partial charge >= 0.3 is 0 Å². The lowest BCUT2D eigenvalue weighted by atomic mass is 9.98. The lowest BCUT2D eigenvalue weighted by Gasteiger charge is -2.35. The first kappa shape index (κ1) is 21.7. The minimum atomic E-state index is -0.101. The number of rotatable bonds is 5. The van der Waals surface area contributed by atoms with Crippen molar-refractivity contribution in [2.75, 3.05) is 19.7 Å². The third-order valence-corrected chi connectivity index (χ3v) is 6.85. The molecule has 0 aliphatic carbocycles. The molecule has 0 unspecified atom stereocenters. The van der Waals surface area contributed by atoms with Crippen molar-refractivity contribution in [1.82, 2.24) is 24.4 Å². The molecule has 8 nitrogen and oxygen atoms in total. The zero-order valence-electron chi connectivity index (χ0n) is 19.3. The summed E-state index contributed by atoms with van der Waals surface area (Å²) in [6, 6.07) is 10.4. The number of nitrogens with one attached hydrogen (secondary N) is 1. The molecule has 33 heavy (non-hydrogen) atoms. The summed E-state index contributed by atoms with van der Waals surface area (Å²) in [6.45, 7) is 6.92. The molecule has 0 bridgehead atoms. The molecule has 1 atom stereocenters. The Morgan fingerprint density at radius 2 is 2.09 bits per heavy atom. The van der Waals surface area contributed by atoms with E-state index in [4.69, 9.17) is 9.72 Å². The van der Waals surface area contributed by atoms with Gasteiger partial charge in [-0.25, -0.2) is 9.50 Å². The Morgan fingerprint density at radius 1 is 1.24 bits per heavy atom. The molecule has 5 rings (SSSR count). The number of carbonyl (C=O) groups is 1. The highest BCUT2D eigenvalue weighted by atomic mass is 16.5. The van der Waals surface area contributed by atoms with Gasteiger partial charge in [-0.2, -0.15) is 0 Å². The molecule has 1 aromatic carbocycles. The third-order valence-electron chi connectivity index (χ3n) is 6.85. The standard InChI is InChI=1S/C25H31N5O3/c1-3-33-23-10-5-4-8-18(23)15-29-12-7-6-9-22(29)21-14-24-26-20-11-13-28(17(2)31)16-19(20)25(32)30(24)27-21/h4-5,8,10,14,22,27H,3,6-7,9,11-13,15-16H2,1-2H3/t22-/m1/s1. The Kier molecular flexibility index (Phi) is 5.93. The number of amides is 1. The number of para-hydroxylation sites is 1. The van der Waals surface area contributed by atoms with Crippen LogP contribution in [-0.4, -0.2) is 50.0 Å². The number of aromatic nitrogens is 3. The van der Waals surface area contributed by atoms with Crippen LogP contribution >= 0.6 is 0 Å². The van der Waals surface area contributed by atoms with Crippen LogP contribution in [0.3, 0.4) is 0 Å². The zero-order chi connectivity index (χ0) is 22.9. The van der Waals surface area contributed by atoms with Gasteiger partial charge in [0.2, 0.25) is 5.91 Å². The minimum absolute atomic E-state index is 0.0116. The number of fused-ring (bicyclic) bond motifs is 2. The highest BCUT2D eigenvalue weighted by Crippen LogP contribution is 2.33. The number of likely N-dealkylation sites (tertiary alicyclic amines) is 1. The van der Waals surface area contributed by atoms with Gasteiger partial charge in [0.25, 0.3) is 5.56 Å². The van der Waals surface area contributed by atoms with E-state index < -0.39 is 0 Å². The minimum Gasteiger partial charge on any atom is -0.494 e. The number of benzene rings is 1. The number of carbonyl (C=O) groups excluding carboxylic acids is 1. The highest BCUT2D eigenvalue weighted by molar-refractivity contribution is 5.73. The summed E-state index contributed by atoms with van der Waals surface area (Å²) in [6.07, 6.45) is 3.94. The maximum Gasteiger partial charge on any atom is 0.277 e. The van der Waals surface area contributed by atoms with Crippen molar-refractivity contribution in [2.24, 2.45) is 0 Å². The van der Waals surface area contributed by atoms with Gasteiger partial charge in [0.15, 0.2) is 5.65 Å². The predicted octanol–water partition coefficient (Wildman–Crippen LogP) is 3.05. The summed E-state index contributed by atoms with van der Waals surface area (Å²) in [5, 5.41) is 3.35. The third kappa shape index (κ3) is 4.15. The van der Waals surface area contributed by atoms with Crippen molar-refractivity contribution in [2.45, 2.75) is 58.7 Å². The van der Waals surface area contributed by atoms with Gasteiger partial charge in [-0.1, -0.05) is 24.6 Å². The van der Waals surface area contributed by atoms with Crippen LogP contribution < -0.4 is 10.3 Å². The predicted molar refractivity (Wildman–Crippen MR) is 125 cm³/mol. The van der Waals surface area contributed by atoms with E-state index in [9.17, 15) is 9.59 Å². The van der Waals surface area contributed by atoms with E-state index in [0.717, 1.165) is 49.5 Å². The summed E-state index contributed by atoms with van der Waals surface area (Å²) in [5.74, 6) is 0.920. The van der Waals surface area contributed by atoms with Crippen LogP contribution in [0.2, 0.25) is 0 Å². The molecule has 0 radical (unpaired) electrons. The Hall–Kier alpha value is -3.13. The summed E-state index contributed by atoms with van der Waals surface area (Å²) in [5.41, 5.74) is 4.18.